The van der Waals surface area contributed by atoms with Crippen LogP contribution in [0.3, 0.4) is 0 Å². The molecule has 0 amide bonds. The van der Waals surface area contributed by atoms with Gasteiger partial charge in [0.2, 0.25) is 0 Å². The summed E-state index contributed by atoms with van der Waals surface area (Å²) < 4.78 is 0. The zero-order valence-corrected chi connectivity index (χ0v) is 20.7. The summed E-state index contributed by atoms with van der Waals surface area (Å²) in [5.74, 6) is 0. The standard InChI is InChI=1S/C32H35N/c1-31(2,3)25-18-21-27(29(22-25)32(4,5)6)24-16-19-26(20-17-24)33-30-15-11-10-14-28(30)23-12-8-7-9-13-23/h7-22,33H,1-6H3. The van der Waals surface area contributed by atoms with Crippen LogP contribution in [-0.2, 0) is 10.8 Å². The molecule has 1 nitrogen and oxygen atoms in total. The topological polar surface area (TPSA) is 12.0 Å². The summed E-state index contributed by atoms with van der Waals surface area (Å²) in [7, 11) is 0. The van der Waals surface area contributed by atoms with Crippen LogP contribution in [-0.4, -0.2) is 0 Å². The maximum Gasteiger partial charge on any atom is 0.0463 e. The Morgan fingerprint density at radius 3 is 1.76 bits per heavy atom. The van der Waals surface area contributed by atoms with Crippen molar-refractivity contribution in [3.8, 4) is 22.3 Å². The molecular weight excluding hydrogens is 398 g/mol. The second kappa shape index (κ2) is 8.90. The fraction of sp³-hybridized carbons (Fsp3) is 0.250. The van der Waals surface area contributed by atoms with Crippen LogP contribution in [0.4, 0.5) is 11.4 Å². The van der Waals surface area contributed by atoms with Crippen LogP contribution in [0.5, 0.6) is 0 Å². The third-order valence-corrected chi connectivity index (χ3v) is 6.18. The van der Waals surface area contributed by atoms with Gasteiger partial charge >= 0.3 is 0 Å². The van der Waals surface area contributed by atoms with Gasteiger partial charge in [-0.3, -0.25) is 0 Å². The molecular formula is C32H35N. The van der Waals surface area contributed by atoms with E-state index in [4.69, 9.17) is 0 Å². The lowest BCUT2D eigenvalue weighted by molar-refractivity contribution is 0.570. The van der Waals surface area contributed by atoms with Gasteiger partial charge < -0.3 is 5.32 Å². The lowest BCUT2D eigenvalue weighted by Crippen LogP contribution is -2.17. The molecule has 0 fully saturated rings. The Bertz CT molecular complexity index is 1220. The molecule has 1 N–H and O–H groups in total. The van der Waals surface area contributed by atoms with Crippen LogP contribution >= 0.6 is 0 Å². The maximum atomic E-state index is 3.62. The molecule has 4 aromatic rings. The third-order valence-electron chi connectivity index (χ3n) is 6.18. The van der Waals surface area contributed by atoms with Gasteiger partial charge in [-0.05, 0) is 56.8 Å². The molecule has 0 aliphatic rings. The molecule has 0 bridgehead atoms. The van der Waals surface area contributed by atoms with Crippen molar-refractivity contribution in [2.24, 2.45) is 0 Å². The van der Waals surface area contributed by atoms with Crippen LogP contribution in [0.15, 0.2) is 97.1 Å². The molecule has 0 aliphatic heterocycles. The number of hydrogen-bond acceptors (Lipinski definition) is 1. The van der Waals surface area contributed by atoms with Crippen molar-refractivity contribution < 1.29 is 0 Å². The van der Waals surface area contributed by atoms with Crippen molar-refractivity contribution in [2.45, 2.75) is 52.4 Å². The van der Waals surface area contributed by atoms with Crippen molar-refractivity contribution in [3.63, 3.8) is 0 Å². The molecule has 0 spiro atoms. The molecule has 0 heterocycles. The number of para-hydroxylation sites is 1. The molecule has 0 saturated carbocycles. The van der Waals surface area contributed by atoms with Gasteiger partial charge in [0.1, 0.15) is 0 Å². The van der Waals surface area contributed by atoms with Gasteiger partial charge in [0.15, 0.2) is 0 Å². The minimum atomic E-state index is 0.0716. The average Bonchev–Trinajstić information content (AvgIpc) is 2.79. The molecule has 33 heavy (non-hydrogen) atoms. The van der Waals surface area contributed by atoms with Gasteiger partial charge in [0.25, 0.3) is 0 Å². The summed E-state index contributed by atoms with van der Waals surface area (Å²) in [4.78, 5) is 0. The van der Waals surface area contributed by atoms with Crippen molar-refractivity contribution in [1.29, 1.82) is 0 Å². The fourth-order valence-electron chi connectivity index (χ4n) is 4.23. The van der Waals surface area contributed by atoms with E-state index in [1.54, 1.807) is 0 Å². The third kappa shape index (κ3) is 5.20. The smallest absolute Gasteiger partial charge is 0.0463 e. The largest absolute Gasteiger partial charge is 0.355 e. The van der Waals surface area contributed by atoms with Crippen molar-refractivity contribution in [1.82, 2.24) is 0 Å². The molecule has 1 heteroatoms. The Kier molecular flexibility index (Phi) is 6.17. The summed E-state index contributed by atoms with van der Waals surface area (Å²) in [5, 5.41) is 3.62. The molecule has 0 aliphatic carbocycles. The summed E-state index contributed by atoms with van der Waals surface area (Å²) >= 11 is 0. The minimum absolute atomic E-state index is 0.0716. The predicted molar refractivity (Wildman–Crippen MR) is 144 cm³/mol. The fourth-order valence-corrected chi connectivity index (χ4v) is 4.23. The minimum Gasteiger partial charge on any atom is -0.355 e. The van der Waals surface area contributed by atoms with E-state index in [-0.39, 0.29) is 10.8 Å². The first-order valence-electron chi connectivity index (χ1n) is 11.8. The van der Waals surface area contributed by atoms with Gasteiger partial charge in [0.05, 0.1) is 0 Å². The van der Waals surface area contributed by atoms with E-state index in [2.05, 4.69) is 144 Å². The molecule has 4 aromatic carbocycles. The van der Waals surface area contributed by atoms with Gasteiger partial charge in [-0.2, -0.15) is 0 Å². The van der Waals surface area contributed by atoms with Crippen LogP contribution < -0.4 is 5.32 Å². The second-order valence-electron chi connectivity index (χ2n) is 10.9. The SMILES string of the molecule is CC(C)(C)c1ccc(-c2ccc(Nc3ccccc3-c3ccccc3)cc2)c(C(C)(C)C)c1. The number of rotatable bonds is 4. The van der Waals surface area contributed by atoms with E-state index in [1.807, 2.05) is 0 Å². The number of anilines is 2. The molecule has 0 saturated heterocycles. The van der Waals surface area contributed by atoms with Gasteiger partial charge in [-0.15, -0.1) is 0 Å². The quantitative estimate of drug-likeness (QED) is 0.338. The van der Waals surface area contributed by atoms with Gasteiger partial charge in [-0.1, -0.05) is 120 Å². The Balaban J connectivity index is 1.66. The Morgan fingerprint density at radius 1 is 0.515 bits per heavy atom. The van der Waals surface area contributed by atoms with Crippen molar-refractivity contribution >= 4 is 11.4 Å². The molecule has 4 rings (SSSR count). The first kappa shape index (κ1) is 22.9. The molecule has 0 radical (unpaired) electrons. The van der Waals surface area contributed by atoms with E-state index in [0.29, 0.717) is 0 Å². The summed E-state index contributed by atoms with van der Waals surface area (Å²) in [6, 6.07) is 34.8. The Morgan fingerprint density at radius 2 is 1.12 bits per heavy atom. The monoisotopic (exact) mass is 433 g/mol. The highest BCUT2D eigenvalue weighted by Gasteiger charge is 2.22. The predicted octanol–water partition coefficient (Wildman–Crippen LogP) is 9.36. The van der Waals surface area contributed by atoms with Crippen molar-refractivity contribution in [2.75, 3.05) is 5.32 Å². The van der Waals surface area contributed by atoms with Gasteiger partial charge in [-0.25, -0.2) is 0 Å². The van der Waals surface area contributed by atoms with E-state index in [9.17, 15) is 0 Å². The highest BCUT2D eigenvalue weighted by Crippen LogP contribution is 2.37. The number of benzene rings is 4. The number of hydrogen-bond donors (Lipinski definition) is 1. The molecule has 0 unspecified atom stereocenters. The van der Waals surface area contributed by atoms with Crippen LogP contribution in [0.2, 0.25) is 0 Å². The van der Waals surface area contributed by atoms with Crippen LogP contribution in [0.25, 0.3) is 22.3 Å². The van der Waals surface area contributed by atoms with Crippen LogP contribution in [0, 0.1) is 0 Å². The molecule has 0 aromatic heterocycles. The molecule has 168 valence electrons. The first-order valence-corrected chi connectivity index (χ1v) is 11.8. The van der Waals surface area contributed by atoms with E-state index in [1.165, 1.54) is 33.4 Å². The zero-order chi connectivity index (χ0) is 23.6. The van der Waals surface area contributed by atoms with Crippen molar-refractivity contribution in [3.05, 3.63) is 108 Å². The zero-order valence-electron chi connectivity index (χ0n) is 20.7. The van der Waals surface area contributed by atoms with Gasteiger partial charge in [0, 0.05) is 16.9 Å². The normalized spacial score (nSPS) is 11.9. The summed E-state index contributed by atoms with van der Waals surface area (Å²) in [5.41, 5.74) is 10.2. The van der Waals surface area contributed by atoms with Crippen LogP contribution in [0.1, 0.15) is 52.7 Å². The molecule has 0 atom stereocenters. The highest BCUT2D eigenvalue weighted by atomic mass is 14.9. The maximum absolute atomic E-state index is 3.62. The lowest BCUT2D eigenvalue weighted by atomic mass is 9.77. The van der Waals surface area contributed by atoms with E-state index >= 15 is 0 Å². The summed E-state index contributed by atoms with van der Waals surface area (Å²) in [6.45, 7) is 13.7. The second-order valence-corrected chi connectivity index (χ2v) is 10.9. The van der Waals surface area contributed by atoms with E-state index in [0.717, 1.165) is 11.4 Å². The lowest BCUT2D eigenvalue weighted by Gasteiger charge is -2.27. The first-order chi connectivity index (χ1) is 15.6. The summed E-state index contributed by atoms with van der Waals surface area (Å²) in [6.07, 6.45) is 0. The van der Waals surface area contributed by atoms with E-state index < -0.39 is 0 Å². The average molecular weight is 434 g/mol. The Hall–Kier alpha value is -3.32. The highest BCUT2D eigenvalue weighted by molar-refractivity contribution is 5.81. The number of nitrogens with one attached hydrogen (secondary N) is 1. The Labute approximate surface area is 199 Å².